The van der Waals surface area contributed by atoms with Gasteiger partial charge in [-0.1, -0.05) is 12.1 Å². The van der Waals surface area contributed by atoms with Crippen LogP contribution in [0.25, 0.3) is 0 Å². The molecule has 98 valence electrons. The standard InChI is InChI=1S/C11H22N4O2/c1-4-12-11(9-17-6-5-16-3)7-10-8-15(2)14-13-10/h8,11-12H,4-7,9H2,1-3H3. The summed E-state index contributed by atoms with van der Waals surface area (Å²) in [6.45, 7) is 4.91. The van der Waals surface area contributed by atoms with Crippen LogP contribution in [0.15, 0.2) is 6.20 Å². The predicted octanol–water partition coefficient (Wildman–Crippen LogP) is -0.00130. The Morgan fingerprint density at radius 1 is 1.47 bits per heavy atom. The Morgan fingerprint density at radius 2 is 2.29 bits per heavy atom. The number of aryl methyl sites for hydroxylation is 1. The zero-order valence-corrected chi connectivity index (χ0v) is 10.8. The molecule has 0 aliphatic carbocycles. The average Bonchev–Trinajstić information content (AvgIpc) is 2.70. The minimum absolute atomic E-state index is 0.272. The first-order chi connectivity index (χ1) is 8.26. The van der Waals surface area contributed by atoms with Crippen molar-refractivity contribution in [3.8, 4) is 0 Å². The number of nitrogens with zero attached hydrogens (tertiary/aromatic N) is 3. The van der Waals surface area contributed by atoms with Crippen molar-refractivity contribution in [1.82, 2.24) is 20.3 Å². The van der Waals surface area contributed by atoms with E-state index in [9.17, 15) is 0 Å². The SMILES string of the molecule is CCNC(COCCOC)Cc1cn(C)nn1. The molecular weight excluding hydrogens is 220 g/mol. The molecule has 0 saturated carbocycles. The van der Waals surface area contributed by atoms with E-state index in [1.807, 2.05) is 13.2 Å². The number of likely N-dealkylation sites (N-methyl/N-ethyl adjacent to an activating group) is 1. The Hall–Kier alpha value is -0.980. The van der Waals surface area contributed by atoms with Gasteiger partial charge in [0.15, 0.2) is 0 Å². The van der Waals surface area contributed by atoms with E-state index in [0.717, 1.165) is 18.7 Å². The Balaban J connectivity index is 2.32. The predicted molar refractivity (Wildman–Crippen MR) is 64.9 cm³/mol. The van der Waals surface area contributed by atoms with Crippen molar-refractivity contribution in [2.75, 3.05) is 33.5 Å². The molecule has 1 aromatic heterocycles. The fourth-order valence-corrected chi connectivity index (χ4v) is 1.59. The molecule has 0 amide bonds. The van der Waals surface area contributed by atoms with Crippen molar-refractivity contribution < 1.29 is 9.47 Å². The molecule has 1 N–H and O–H groups in total. The third-order valence-electron chi connectivity index (χ3n) is 2.35. The normalized spacial score (nSPS) is 12.9. The Bertz CT molecular complexity index is 303. The molecule has 0 spiro atoms. The van der Waals surface area contributed by atoms with Crippen molar-refractivity contribution in [2.24, 2.45) is 7.05 Å². The summed E-state index contributed by atoms with van der Waals surface area (Å²) in [5.41, 5.74) is 0.980. The molecule has 6 nitrogen and oxygen atoms in total. The summed E-state index contributed by atoms with van der Waals surface area (Å²) in [6, 6.07) is 0.272. The second kappa shape index (κ2) is 8.16. The zero-order valence-electron chi connectivity index (χ0n) is 10.8. The third kappa shape index (κ3) is 5.76. The van der Waals surface area contributed by atoms with E-state index in [0.29, 0.717) is 19.8 Å². The lowest BCUT2D eigenvalue weighted by molar-refractivity contribution is 0.0588. The van der Waals surface area contributed by atoms with Gasteiger partial charge in [0.2, 0.25) is 0 Å². The number of rotatable bonds is 9. The lowest BCUT2D eigenvalue weighted by Crippen LogP contribution is -2.35. The summed E-state index contributed by atoms with van der Waals surface area (Å²) in [5.74, 6) is 0. The summed E-state index contributed by atoms with van der Waals surface area (Å²) >= 11 is 0. The van der Waals surface area contributed by atoms with E-state index in [2.05, 4.69) is 22.6 Å². The molecule has 1 atom stereocenters. The largest absolute Gasteiger partial charge is 0.382 e. The molecular formula is C11H22N4O2. The Kier molecular flexibility index (Phi) is 6.76. The summed E-state index contributed by atoms with van der Waals surface area (Å²) in [7, 11) is 3.54. The van der Waals surface area contributed by atoms with E-state index >= 15 is 0 Å². The van der Waals surface area contributed by atoms with Gasteiger partial charge in [-0.25, -0.2) is 0 Å². The van der Waals surface area contributed by atoms with E-state index < -0.39 is 0 Å². The highest BCUT2D eigenvalue weighted by Gasteiger charge is 2.10. The number of aromatic nitrogens is 3. The average molecular weight is 242 g/mol. The maximum absolute atomic E-state index is 5.53. The van der Waals surface area contributed by atoms with Gasteiger partial charge in [-0.2, -0.15) is 0 Å². The molecule has 1 aromatic rings. The first kappa shape index (κ1) is 14.1. The second-order valence-electron chi connectivity index (χ2n) is 3.91. The molecule has 0 aliphatic rings. The van der Waals surface area contributed by atoms with Crippen molar-refractivity contribution in [3.63, 3.8) is 0 Å². The summed E-state index contributed by atoms with van der Waals surface area (Å²) in [6.07, 6.45) is 2.76. The third-order valence-corrected chi connectivity index (χ3v) is 2.35. The molecule has 0 fully saturated rings. The van der Waals surface area contributed by atoms with Gasteiger partial charge in [0.05, 0.1) is 25.5 Å². The summed E-state index contributed by atoms with van der Waals surface area (Å²) in [4.78, 5) is 0. The highest BCUT2D eigenvalue weighted by atomic mass is 16.5. The van der Waals surface area contributed by atoms with Gasteiger partial charge >= 0.3 is 0 Å². The minimum atomic E-state index is 0.272. The lowest BCUT2D eigenvalue weighted by Gasteiger charge is -2.16. The number of nitrogens with one attached hydrogen (secondary N) is 1. The quantitative estimate of drug-likeness (QED) is 0.618. The monoisotopic (exact) mass is 242 g/mol. The molecule has 0 aliphatic heterocycles. The molecule has 0 saturated heterocycles. The van der Waals surface area contributed by atoms with Crippen LogP contribution in [0, 0.1) is 0 Å². The van der Waals surface area contributed by atoms with Gasteiger partial charge in [-0.3, -0.25) is 4.68 Å². The molecule has 17 heavy (non-hydrogen) atoms. The van der Waals surface area contributed by atoms with Crippen LogP contribution in [0.3, 0.4) is 0 Å². The fraction of sp³-hybridized carbons (Fsp3) is 0.818. The maximum atomic E-state index is 5.53. The van der Waals surface area contributed by atoms with Gasteiger partial charge in [0.25, 0.3) is 0 Å². The molecule has 1 heterocycles. The highest BCUT2D eigenvalue weighted by molar-refractivity contribution is 4.95. The van der Waals surface area contributed by atoms with Crippen LogP contribution in [0.4, 0.5) is 0 Å². The maximum Gasteiger partial charge on any atom is 0.0843 e. The van der Waals surface area contributed by atoms with E-state index in [1.54, 1.807) is 11.8 Å². The smallest absolute Gasteiger partial charge is 0.0843 e. The molecule has 0 radical (unpaired) electrons. The Morgan fingerprint density at radius 3 is 2.88 bits per heavy atom. The van der Waals surface area contributed by atoms with Crippen LogP contribution in [0.5, 0.6) is 0 Å². The van der Waals surface area contributed by atoms with E-state index in [-0.39, 0.29) is 6.04 Å². The fourth-order valence-electron chi connectivity index (χ4n) is 1.59. The number of hydrogen-bond donors (Lipinski definition) is 1. The van der Waals surface area contributed by atoms with Crippen LogP contribution in [-0.2, 0) is 22.9 Å². The summed E-state index contributed by atoms with van der Waals surface area (Å²) < 4.78 is 12.2. The number of methoxy groups -OCH3 is 1. The van der Waals surface area contributed by atoms with Crippen LogP contribution in [0.1, 0.15) is 12.6 Å². The van der Waals surface area contributed by atoms with Crippen molar-refractivity contribution >= 4 is 0 Å². The molecule has 0 aromatic carbocycles. The summed E-state index contributed by atoms with van der Waals surface area (Å²) in [5, 5.41) is 11.4. The second-order valence-corrected chi connectivity index (χ2v) is 3.91. The first-order valence-electron chi connectivity index (χ1n) is 5.91. The van der Waals surface area contributed by atoms with Gasteiger partial charge < -0.3 is 14.8 Å². The van der Waals surface area contributed by atoms with Crippen LogP contribution in [0.2, 0.25) is 0 Å². The van der Waals surface area contributed by atoms with Crippen LogP contribution in [-0.4, -0.2) is 54.5 Å². The van der Waals surface area contributed by atoms with Gasteiger partial charge in [0, 0.05) is 32.8 Å². The topological polar surface area (TPSA) is 61.2 Å². The van der Waals surface area contributed by atoms with E-state index in [1.165, 1.54) is 0 Å². The molecule has 6 heteroatoms. The van der Waals surface area contributed by atoms with Crippen LogP contribution >= 0.6 is 0 Å². The van der Waals surface area contributed by atoms with Crippen molar-refractivity contribution in [3.05, 3.63) is 11.9 Å². The van der Waals surface area contributed by atoms with Gasteiger partial charge in [-0.05, 0) is 6.54 Å². The van der Waals surface area contributed by atoms with E-state index in [4.69, 9.17) is 9.47 Å². The van der Waals surface area contributed by atoms with Gasteiger partial charge in [-0.15, -0.1) is 5.10 Å². The first-order valence-corrected chi connectivity index (χ1v) is 5.91. The minimum Gasteiger partial charge on any atom is -0.382 e. The molecule has 0 bridgehead atoms. The van der Waals surface area contributed by atoms with Crippen molar-refractivity contribution in [2.45, 2.75) is 19.4 Å². The van der Waals surface area contributed by atoms with Crippen molar-refractivity contribution in [1.29, 1.82) is 0 Å². The highest BCUT2D eigenvalue weighted by Crippen LogP contribution is 1.99. The lowest BCUT2D eigenvalue weighted by atomic mass is 10.2. The van der Waals surface area contributed by atoms with Crippen LogP contribution < -0.4 is 5.32 Å². The molecule has 1 unspecified atom stereocenters. The zero-order chi connectivity index (χ0) is 12.5. The number of hydrogen-bond acceptors (Lipinski definition) is 5. The Labute approximate surface area is 102 Å². The number of ether oxygens (including phenoxy) is 2. The van der Waals surface area contributed by atoms with Gasteiger partial charge in [0.1, 0.15) is 0 Å². The molecule has 1 rings (SSSR count).